The molecule has 0 radical (unpaired) electrons. The maximum absolute atomic E-state index is 13.8. The molecule has 0 saturated carbocycles. The Morgan fingerprint density at radius 2 is 2.27 bits per heavy atom. The van der Waals surface area contributed by atoms with Gasteiger partial charge in [0, 0.05) is 17.6 Å². The van der Waals surface area contributed by atoms with Crippen molar-refractivity contribution in [1.29, 1.82) is 0 Å². The standard InChI is InChI=1S/C17H21FN2OS/c1-11(2)16-10-22-17(20(16)8-9-21)19-15-7-6-12-13(15)4-3-5-14(12)18/h3-5,10-11,15,21H,6-9H2,1-2H3/b19-17-. The van der Waals surface area contributed by atoms with Crippen LogP contribution < -0.4 is 4.80 Å². The Hall–Kier alpha value is -1.46. The molecule has 118 valence electrons. The average Bonchev–Trinajstić information content (AvgIpc) is 3.06. The minimum absolute atomic E-state index is 0.0225. The lowest BCUT2D eigenvalue weighted by Gasteiger charge is -2.11. The SMILES string of the molecule is CC(C)c1cs/c(=N\C2CCc3c(F)cccc32)n1CCO. The molecule has 1 atom stereocenters. The van der Waals surface area contributed by atoms with E-state index in [0.29, 0.717) is 12.5 Å². The number of rotatable bonds is 4. The van der Waals surface area contributed by atoms with Gasteiger partial charge in [-0.25, -0.2) is 4.39 Å². The third kappa shape index (κ3) is 2.75. The minimum Gasteiger partial charge on any atom is -0.395 e. The molecule has 1 aliphatic rings. The summed E-state index contributed by atoms with van der Waals surface area (Å²) in [6.07, 6.45) is 1.60. The van der Waals surface area contributed by atoms with Gasteiger partial charge in [-0.05, 0) is 36.0 Å². The summed E-state index contributed by atoms with van der Waals surface area (Å²) in [7, 11) is 0. The third-order valence-corrected chi connectivity index (χ3v) is 5.09. The van der Waals surface area contributed by atoms with Gasteiger partial charge in [0.05, 0.1) is 12.6 Å². The monoisotopic (exact) mass is 320 g/mol. The molecule has 0 saturated heterocycles. The van der Waals surface area contributed by atoms with E-state index in [2.05, 4.69) is 23.8 Å². The molecule has 3 nitrogen and oxygen atoms in total. The number of aliphatic hydroxyl groups is 1. The highest BCUT2D eigenvalue weighted by molar-refractivity contribution is 7.07. The Labute approximate surface area is 133 Å². The number of aromatic nitrogens is 1. The lowest BCUT2D eigenvalue weighted by Crippen LogP contribution is -2.21. The lowest BCUT2D eigenvalue weighted by molar-refractivity contribution is 0.272. The first-order valence-electron chi connectivity index (χ1n) is 7.72. The molecule has 22 heavy (non-hydrogen) atoms. The topological polar surface area (TPSA) is 37.5 Å². The van der Waals surface area contributed by atoms with Crippen molar-refractivity contribution in [3.8, 4) is 0 Å². The second-order valence-electron chi connectivity index (χ2n) is 5.96. The van der Waals surface area contributed by atoms with Crippen molar-refractivity contribution in [2.45, 2.75) is 45.2 Å². The zero-order valence-electron chi connectivity index (χ0n) is 12.9. The molecule has 1 aromatic heterocycles. The zero-order chi connectivity index (χ0) is 15.7. The molecule has 1 aliphatic carbocycles. The van der Waals surface area contributed by atoms with Crippen LogP contribution in [0.4, 0.5) is 4.39 Å². The smallest absolute Gasteiger partial charge is 0.185 e. The summed E-state index contributed by atoms with van der Waals surface area (Å²) in [6.45, 7) is 4.93. The molecule has 0 spiro atoms. The Kier molecular flexibility index (Phi) is 4.45. The van der Waals surface area contributed by atoms with Gasteiger partial charge >= 0.3 is 0 Å². The predicted octanol–water partition coefficient (Wildman–Crippen LogP) is 3.39. The molecule has 0 bridgehead atoms. The van der Waals surface area contributed by atoms with E-state index in [1.165, 1.54) is 11.8 Å². The van der Waals surface area contributed by atoms with Gasteiger partial charge in [-0.1, -0.05) is 26.0 Å². The van der Waals surface area contributed by atoms with Crippen molar-refractivity contribution in [2.75, 3.05) is 6.61 Å². The van der Waals surface area contributed by atoms with Crippen LogP contribution in [0, 0.1) is 5.82 Å². The highest BCUT2D eigenvalue weighted by Crippen LogP contribution is 2.35. The number of benzene rings is 1. The number of nitrogens with zero attached hydrogens (tertiary/aromatic N) is 2. The van der Waals surface area contributed by atoms with Crippen LogP contribution in [0.3, 0.4) is 0 Å². The highest BCUT2D eigenvalue weighted by atomic mass is 32.1. The average molecular weight is 320 g/mol. The van der Waals surface area contributed by atoms with Gasteiger partial charge in [0.25, 0.3) is 0 Å². The summed E-state index contributed by atoms with van der Waals surface area (Å²) in [5.74, 6) is 0.271. The molecule has 0 fully saturated rings. The van der Waals surface area contributed by atoms with Crippen LogP contribution in [-0.2, 0) is 13.0 Å². The number of hydrogen-bond acceptors (Lipinski definition) is 3. The number of thiazole rings is 1. The first-order chi connectivity index (χ1) is 10.6. The summed E-state index contributed by atoms with van der Waals surface area (Å²) in [6, 6.07) is 5.29. The molecular weight excluding hydrogens is 299 g/mol. The molecule has 1 unspecified atom stereocenters. The quantitative estimate of drug-likeness (QED) is 0.921. The van der Waals surface area contributed by atoms with Crippen LogP contribution >= 0.6 is 11.3 Å². The van der Waals surface area contributed by atoms with E-state index in [1.807, 2.05) is 6.07 Å². The van der Waals surface area contributed by atoms with Gasteiger partial charge in [0.15, 0.2) is 4.80 Å². The molecule has 0 amide bonds. The predicted molar refractivity (Wildman–Crippen MR) is 86.5 cm³/mol. The molecule has 1 heterocycles. The van der Waals surface area contributed by atoms with Crippen LogP contribution in [0.1, 0.15) is 49.0 Å². The molecule has 5 heteroatoms. The van der Waals surface area contributed by atoms with E-state index >= 15 is 0 Å². The molecule has 1 N–H and O–H groups in total. The van der Waals surface area contributed by atoms with Crippen LogP contribution in [0.5, 0.6) is 0 Å². The number of halogens is 1. The van der Waals surface area contributed by atoms with Gasteiger partial charge in [-0.3, -0.25) is 4.99 Å². The van der Waals surface area contributed by atoms with Gasteiger partial charge < -0.3 is 9.67 Å². The summed E-state index contributed by atoms with van der Waals surface area (Å²) >= 11 is 1.60. The minimum atomic E-state index is -0.118. The maximum Gasteiger partial charge on any atom is 0.185 e. The number of fused-ring (bicyclic) bond motifs is 1. The normalized spacial score (nSPS) is 18.2. The van der Waals surface area contributed by atoms with E-state index in [-0.39, 0.29) is 18.5 Å². The summed E-state index contributed by atoms with van der Waals surface area (Å²) < 4.78 is 15.9. The first-order valence-corrected chi connectivity index (χ1v) is 8.60. The Balaban J connectivity index is 2.03. The van der Waals surface area contributed by atoms with Gasteiger partial charge in [-0.2, -0.15) is 0 Å². The molecule has 3 rings (SSSR count). The van der Waals surface area contributed by atoms with Crippen molar-refractivity contribution in [3.05, 3.63) is 51.0 Å². The van der Waals surface area contributed by atoms with Gasteiger partial charge in [0.2, 0.25) is 0 Å². The first kappa shape index (κ1) is 15.4. The molecule has 2 aromatic rings. The van der Waals surface area contributed by atoms with E-state index in [9.17, 15) is 9.50 Å². The van der Waals surface area contributed by atoms with Crippen LogP contribution in [0.2, 0.25) is 0 Å². The van der Waals surface area contributed by atoms with Crippen molar-refractivity contribution in [2.24, 2.45) is 4.99 Å². The summed E-state index contributed by atoms with van der Waals surface area (Å²) in [5.41, 5.74) is 3.01. The largest absolute Gasteiger partial charge is 0.395 e. The van der Waals surface area contributed by atoms with Crippen LogP contribution in [0.15, 0.2) is 28.6 Å². The van der Waals surface area contributed by atoms with Crippen molar-refractivity contribution < 1.29 is 9.50 Å². The fourth-order valence-corrected chi connectivity index (χ4v) is 4.22. The second-order valence-corrected chi connectivity index (χ2v) is 6.80. The van der Waals surface area contributed by atoms with Crippen molar-refractivity contribution in [3.63, 3.8) is 0 Å². The molecule has 1 aromatic carbocycles. The van der Waals surface area contributed by atoms with Crippen molar-refractivity contribution in [1.82, 2.24) is 4.57 Å². The third-order valence-electron chi connectivity index (χ3n) is 4.19. The molecule has 0 aliphatic heterocycles. The van der Waals surface area contributed by atoms with Crippen LogP contribution in [0.25, 0.3) is 0 Å². The van der Waals surface area contributed by atoms with Gasteiger partial charge in [-0.15, -0.1) is 11.3 Å². The molecular formula is C17H21FN2OS. The number of hydrogen-bond donors (Lipinski definition) is 1. The maximum atomic E-state index is 13.8. The Bertz CT molecular complexity index is 733. The van der Waals surface area contributed by atoms with Crippen molar-refractivity contribution >= 4 is 11.3 Å². The van der Waals surface area contributed by atoms with E-state index in [4.69, 9.17) is 4.99 Å². The van der Waals surface area contributed by atoms with E-state index < -0.39 is 0 Å². The van der Waals surface area contributed by atoms with E-state index in [1.54, 1.807) is 17.4 Å². The second kappa shape index (κ2) is 6.34. The Morgan fingerprint density at radius 3 is 3.00 bits per heavy atom. The van der Waals surface area contributed by atoms with Crippen LogP contribution in [-0.4, -0.2) is 16.3 Å². The zero-order valence-corrected chi connectivity index (χ0v) is 13.7. The summed E-state index contributed by atoms with van der Waals surface area (Å²) in [5, 5.41) is 11.4. The van der Waals surface area contributed by atoms with Gasteiger partial charge in [0.1, 0.15) is 5.82 Å². The fourth-order valence-electron chi connectivity index (χ4n) is 3.08. The lowest BCUT2D eigenvalue weighted by atomic mass is 10.1. The highest BCUT2D eigenvalue weighted by Gasteiger charge is 2.24. The Morgan fingerprint density at radius 1 is 1.45 bits per heavy atom. The fraction of sp³-hybridized carbons (Fsp3) is 0.471. The number of aliphatic hydroxyl groups excluding tert-OH is 1. The summed E-state index contributed by atoms with van der Waals surface area (Å²) in [4.78, 5) is 5.78. The van der Waals surface area contributed by atoms with E-state index in [0.717, 1.165) is 28.8 Å².